The summed E-state index contributed by atoms with van der Waals surface area (Å²) in [5, 5.41) is 2.27. The van der Waals surface area contributed by atoms with Crippen molar-refractivity contribution in [1.29, 1.82) is 0 Å². The van der Waals surface area contributed by atoms with Crippen molar-refractivity contribution in [1.82, 2.24) is 15.0 Å². The predicted octanol–water partition coefficient (Wildman–Crippen LogP) is 14.5. The molecule has 290 valence electrons. The van der Waals surface area contributed by atoms with E-state index in [0.717, 1.165) is 60.9 Å². The Bertz CT molecular complexity index is 3390. The molecule has 0 saturated carbocycles. The molecule has 9 aromatic carbocycles. The van der Waals surface area contributed by atoms with Crippen LogP contribution in [0.3, 0.4) is 0 Å². The van der Waals surface area contributed by atoms with E-state index in [4.69, 9.17) is 19.4 Å². The van der Waals surface area contributed by atoms with Crippen molar-refractivity contribution in [2.75, 3.05) is 0 Å². The summed E-state index contributed by atoms with van der Waals surface area (Å²) in [5.74, 6) is 1.89. The molecule has 11 aromatic rings. The SMILES string of the molecule is c1ccc(-c2nc(-c3ccc(-c4ccc(-c5ccc6c(c5)oc5ccccc56)cc4)cc3)nc(-c3ccc4c(c3)-c3ccccc3C4(c3ccccc3)c3ccccc3)n2)cc1. The smallest absolute Gasteiger partial charge is 0.164 e. The Morgan fingerprint density at radius 1 is 0.290 bits per heavy atom. The first-order chi connectivity index (χ1) is 30.7. The van der Waals surface area contributed by atoms with Crippen LogP contribution in [0.2, 0.25) is 0 Å². The number of hydrogen-bond acceptors (Lipinski definition) is 4. The van der Waals surface area contributed by atoms with E-state index < -0.39 is 5.41 Å². The molecule has 2 heterocycles. The van der Waals surface area contributed by atoms with E-state index in [2.05, 4.69) is 194 Å². The molecule has 4 nitrogen and oxygen atoms in total. The van der Waals surface area contributed by atoms with Crippen molar-refractivity contribution < 1.29 is 4.42 Å². The van der Waals surface area contributed by atoms with Crippen LogP contribution in [0.5, 0.6) is 0 Å². The minimum Gasteiger partial charge on any atom is -0.456 e. The molecular formula is C58H37N3O. The Morgan fingerprint density at radius 2 is 0.742 bits per heavy atom. The molecule has 0 fully saturated rings. The molecule has 0 radical (unpaired) electrons. The highest BCUT2D eigenvalue weighted by Crippen LogP contribution is 2.56. The number of rotatable bonds is 7. The van der Waals surface area contributed by atoms with Crippen LogP contribution in [0.4, 0.5) is 0 Å². The van der Waals surface area contributed by atoms with Gasteiger partial charge in [0.25, 0.3) is 0 Å². The largest absolute Gasteiger partial charge is 0.456 e. The minimum absolute atomic E-state index is 0.474. The fourth-order valence-electron chi connectivity index (χ4n) is 9.51. The van der Waals surface area contributed by atoms with E-state index in [1.165, 1.54) is 33.4 Å². The van der Waals surface area contributed by atoms with Crippen LogP contribution >= 0.6 is 0 Å². The fraction of sp³-hybridized carbons (Fsp3) is 0.0172. The molecule has 12 rings (SSSR count). The molecule has 2 aromatic heterocycles. The van der Waals surface area contributed by atoms with Crippen LogP contribution in [-0.2, 0) is 5.41 Å². The second kappa shape index (κ2) is 14.5. The lowest BCUT2D eigenvalue weighted by Crippen LogP contribution is -2.28. The summed E-state index contributed by atoms with van der Waals surface area (Å²) in [6.07, 6.45) is 0. The Morgan fingerprint density at radius 3 is 1.40 bits per heavy atom. The summed E-state index contributed by atoms with van der Waals surface area (Å²) in [6.45, 7) is 0. The molecule has 0 saturated heterocycles. The van der Waals surface area contributed by atoms with Gasteiger partial charge < -0.3 is 4.42 Å². The zero-order valence-corrected chi connectivity index (χ0v) is 33.6. The second-order valence-corrected chi connectivity index (χ2v) is 15.9. The molecule has 0 amide bonds. The Labute approximate surface area is 359 Å². The summed E-state index contributed by atoms with van der Waals surface area (Å²) in [7, 11) is 0. The molecule has 0 aliphatic heterocycles. The molecule has 1 aliphatic carbocycles. The predicted molar refractivity (Wildman–Crippen MR) is 252 cm³/mol. The zero-order chi connectivity index (χ0) is 41.0. The Hall–Kier alpha value is -8.21. The molecule has 0 N–H and O–H groups in total. The Kier molecular flexibility index (Phi) is 8.36. The molecule has 0 bridgehead atoms. The number of nitrogens with zero attached hydrogens (tertiary/aromatic N) is 3. The van der Waals surface area contributed by atoms with Gasteiger partial charge in [-0.1, -0.05) is 200 Å². The first-order valence-electron chi connectivity index (χ1n) is 21.0. The van der Waals surface area contributed by atoms with Crippen LogP contribution in [0.15, 0.2) is 229 Å². The summed E-state index contributed by atoms with van der Waals surface area (Å²) in [4.78, 5) is 15.4. The number of para-hydroxylation sites is 1. The quantitative estimate of drug-likeness (QED) is 0.161. The maximum atomic E-state index is 6.17. The highest BCUT2D eigenvalue weighted by atomic mass is 16.3. The van der Waals surface area contributed by atoms with E-state index in [9.17, 15) is 0 Å². The van der Waals surface area contributed by atoms with Gasteiger partial charge in [0.05, 0.1) is 5.41 Å². The normalized spacial score (nSPS) is 12.6. The molecule has 4 heteroatoms. The zero-order valence-electron chi connectivity index (χ0n) is 33.6. The third-order valence-electron chi connectivity index (χ3n) is 12.5. The summed E-state index contributed by atoms with van der Waals surface area (Å²) < 4.78 is 6.17. The van der Waals surface area contributed by atoms with Crippen LogP contribution in [0.25, 0.3) is 89.5 Å². The highest BCUT2D eigenvalue weighted by molar-refractivity contribution is 6.06. The molecule has 0 unspecified atom stereocenters. The van der Waals surface area contributed by atoms with Crippen LogP contribution in [-0.4, -0.2) is 15.0 Å². The van der Waals surface area contributed by atoms with Gasteiger partial charge in [-0.3, -0.25) is 0 Å². The molecular weight excluding hydrogens is 755 g/mol. The number of hydrogen-bond donors (Lipinski definition) is 0. The molecule has 1 aliphatic rings. The van der Waals surface area contributed by atoms with Gasteiger partial charge in [0.1, 0.15) is 11.2 Å². The van der Waals surface area contributed by atoms with Gasteiger partial charge in [-0.05, 0) is 79.9 Å². The highest BCUT2D eigenvalue weighted by Gasteiger charge is 2.46. The van der Waals surface area contributed by atoms with Crippen molar-refractivity contribution in [3.63, 3.8) is 0 Å². The first-order valence-corrected chi connectivity index (χ1v) is 21.0. The lowest BCUT2D eigenvalue weighted by molar-refractivity contribution is 0.669. The number of benzene rings is 9. The van der Waals surface area contributed by atoms with E-state index in [0.29, 0.717) is 17.5 Å². The third kappa shape index (κ3) is 5.80. The summed E-state index contributed by atoms with van der Waals surface area (Å²) in [5.41, 5.74) is 16.0. The average molecular weight is 792 g/mol. The van der Waals surface area contributed by atoms with Crippen LogP contribution in [0.1, 0.15) is 22.3 Å². The fourth-order valence-corrected chi connectivity index (χ4v) is 9.51. The van der Waals surface area contributed by atoms with E-state index in [1.807, 2.05) is 30.3 Å². The van der Waals surface area contributed by atoms with Crippen LogP contribution < -0.4 is 0 Å². The maximum absolute atomic E-state index is 6.17. The van der Waals surface area contributed by atoms with Gasteiger partial charge in [-0.15, -0.1) is 0 Å². The van der Waals surface area contributed by atoms with E-state index in [-0.39, 0.29) is 0 Å². The summed E-state index contributed by atoms with van der Waals surface area (Å²) >= 11 is 0. The maximum Gasteiger partial charge on any atom is 0.164 e. The van der Waals surface area contributed by atoms with Crippen molar-refractivity contribution in [2.24, 2.45) is 0 Å². The monoisotopic (exact) mass is 791 g/mol. The van der Waals surface area contributed by atoms with Crippen molar-refractivity contribution >= 4 is 21.9 Å². The van der Waals surface area contributed by atoms with Gasteiger partial charge in [-0.25, -0.2) is 15.0 Å². The topological polar surface area (TPSA) is 51.8 Å². The van der Waals surface area contributed by atoms with Gasteiger partial charge in [0, 0.05) is 27.5 Å². The van der Waals surface area contributed by atoms with Gasteiger partial charge in [0.2, 0.25) is 0 Å². The van der Waals surface area contributed by atoms with Crippen molar-refractivity contribution in [2.45, 2.75) is 5.41 Å². The molecule has 62 heavy (non-hydrogen) atoms. The number of aromatic nitrogens is 3. The van der Waals surface area contributed by atoms with Gasteiger partial charge in [0.15, 0.2) is 17.5 Å². The van der Waals surface area contributed by atoms with Gasteiger partial charge in [-0.2, -0.15) is 0 Å². The lowest BCUT2D eigenvalue weighted by atomic mass is 9.67. The van der Waals surface area contributed by atoms with Crippen molar-refractivity contribution in [3.8, 4) is 67.5 Å². The summed E-state index contributed by atoms with van der Waals surface area (Å²) in [6, 6.07) is 79.4. The van der Waals surface area contributed by atoms with E-state index in [1.54, 1.807) is 0 Å². The second-order valence-electron chi connectivity index (χ2n) is 15.9. The molecule has 0 atom stereocenters. The first kappa shape index (κ1) is 35.7. The van der Waals surface area contributed by atoms with Crippen LogP contribution in [0, 0.1) is 0 Å². The molecule has 0 spiro atoms. The minimum atomic E-state index is -0.474. The standard InChI is InChI=1S/C58H37N3O/c1-4-14-41(15-5-1)55-59-56(42-30-28-39(29-31-42)38-24-26-40(27-25-38)43-32-34-49-48-21-11-13-23-53(48)62-54(49)37-43)61-57(60-55)44-33-35-52-50(36-44)47-20-10-12-22-51(47)58(52,45-16-6-2-7-17-45)46-18-8-3-9-19-46/h1-37H. The lowest BCUT2D eigenvalue weighted by Gasteiger charge is -2.33. The average Bonchev–Trinajstić information content (AvgIpc) is 3.88. The van der Waals surface area contributed by atoms with Crippen molar-refractivity contribution in [3.05, 3.63) is 247 Å². The number of furan rings is 1. The number of fused-ring (bicyclic) bond motifs is 6. The third-order valence-corrected chi connectivity index (χ3v) is 12.5. The van der Waals surface area contributed by atoms with Gasteiger partial charge >= 0.3 is 0 Å². The van der Waals surface area contributed by atoms with E-state index >= 15 is 0 Å². The Balaban J connectivity index is 0.917.